The molecule has 0 radical (unpaired) electrons. The average molecular weight is 349 g/mol. The number of likely N-dealkylation sites (tertiary alicyclic amines) is 1. The Bertz CT molecular complexity index is 561. The van der Waals surface area contributed by atoms with Gasteiger partial charge in [0.2, 0.25) is 0 Å². The standard InChI is InChI=1S/C19H31N3O3/c1-18(2,3)25-17(24)22-12-7-10-19(11-13-22)16(23)20-15(21-19)14-8-5-4-6-9-14/h14H,4-13H2,1-3H3,(H,20,21,23). The van der Waals surface area contributed by atoms with Crippen LogP contribution >= 0.6 is 0 Å². The molecule has 2 amide bonds. The zero-order chi connectivity index (χ0) is 18.1. The molecule has 1 atom stereocenters. The summed E-state index contributed by atoms with van der Waals surface area (Å²) < 4.78 is 5.48. The van der Waals surface area contributed by atoms with Gasteiger partial charge < -0.3 is 15.0 Å². The van der Waals surface area contributed by atoms with Gasteiger partial charge >= 0.3 is 6.09 Å². The molecule has 3 rings (SSSR count). The molecule has 0 aromatic carbocycles. The molecule has 3 aliphatic rings. The number of nitrogens with one attached hydrogen (secondary N) is 1. The molecule has 0 aromatic heterocycles. The van der Waals surface area contributed by atoms with Crippen LogP contribution in [0.1, 0.15) is 72.1 Å². The second kappa shape index (κ2) is 6.96. The Balaban J connectivity index is 1.67. The number of amides is 2. The zero-order valence-corrected chi connectivity index (χ0v) is 15.8. The average Bonchev–Trinajstić information content (AvgIpc) is 2.73. The summed E-state index contributed by atoms with van der Waals surface area (Å²) in [6.07, 6.45) is 7.74. The van der Waals surface area contributed by atoms with Gasteiger partial charge in [-0.1, -0.05) is 19.3 Å². The van der Waals surface area contributed by atoms with Gasteiger partial charge in [0, 0.05) is 19.0 Å². The van der Waals surface area contributed by atoms with Crippen LogP contribution in [-0.2, 0) is 9.53 Å². The van der Waals surface area contributed by atoms with E-state index in [-0.39, 0.29) is 12.0 Å². The van der Waals surface area contributed by atoms with Crippen molar-refractivity contribution in [1.29, 1.82) is 0 Å². The van der Waals surface area contributed by atoms with Crippen molar-refractivity contribution in [3.05, 3.63) is 0 Å². The van der Waals surface area contributed by atoms with E-state index in [1.807, 2.05) is 20.8 Å². The maximum Gasteiger partial charge on any atom is 0.410 e. The summed E-state index contributed by atoms with van der Waals surface area (Å²) in [4.78, 5) is 31.6. The van der Waals surface area contributed by atoms with Gasteiger partial charge in [0.1, 0.15) is 17.0 Å². The van der Waals surface area contributed by atoms with Crippen LogP contribution in [0.4, 0.5) is 4.79 Å². The predicted molar refractivity (Wildman–Crippen MR) is 96.5 cm³/mol. The molecule has 1 aliphatic carbocycles. The molecular formula is C19H31N3O3. The van der Waals surface area contributed by atoms with E-state index in [1.165, 1.54) is 19.3 Å². The topological polar surface area (TPSA) is 71.0 Å². The lowest BCUT2D eigenvalue weighted by Gasteiger charge is -2.26. The first-order chi connectivity index (χ1) is 11.8. The van der Waals surface area contributed by atoms with Crippen molar-refractivity contribution >= 4 is 17.8 Å². The smallest absolute Gasteiger partial charge is 0.410 e. The van der Waals surface area contributed by atoms with Gasteiger partial charge in [0.05, 0.1) is 0 Å². The van der Waals surface area contributed by atoms with E-state index >= 15 is 0 Å². The molecule has 0 aromatic rings. The Morgan fingerprint density at radius 1 is 1.16 bits per heavy atom. The fourth-order valence-corrected chi connectivity index (χ4v) is 4.08. The molecular weight excluding hydrogens is 318 g/mol. The molecule has 1 N–H and O–H groups in total. The van der Waals surface area contributed by atoms with Crippen molar-refractivity contribution < 1.29 is 14.3 Å². The van der Waals surface area contributed by atoms with Crippen molar-refractivity contribution in [3.63, 3.8) is 0 Å². The Morgan fingerprint density at radius 3 is 2.56 bits per heavy atom. The highest BCUT2D eigenvalue weighted by Gasteiger charge is 2.46. The van der Waals surface area contributed by atoms with E-state index in [9.17, 15) is 9.59 Å². The first-order valence-corrected chi connectivity index (χ1v) is 9.68. The molecule has 6 heteroatoms. The molecule has 1 saturated carbocycles. The Kier molecular flexibility index (Phi) is 5.07. The second-order valence-electron chi connectivity index (χ2n) is 8.64. The molecule has 1 unspecified atom stereocenters. The van der Waals surface area contributed by atoms with Crippen molar-refractivity contribution in [2.45, 2.75) is 83.3 Å². The molecule has 1 spiro atoms. The lowest BCUT2D eigenvalue weighted by molar-refractivity contribution is -0.124. The predicted octanol–water partition coefficient (Wildman–Crippen LogP) is 3.25. The number of rotatable bonds is 1. The summed E-state index contributed by atoms with van der Waals surface area (Å²) in [6.45, 7) is 6.75. The van der Waals surface area contributed by atoms with Crippen molar-refractivity contribution in [1.82, 2.24) is 10.2 Å². The molecule has 2 aliphatic heterocycles. The number of carbonyl (C=O) groups excluding carboxylic acids is 2. The molecule has 25 heavy (non-hydrogen) atoms. The highest BCUT2D eigenvalue weighted by atomic mass is 16.6. The lowest BCUT2D eigenvalue weighted by Crippen LogP contribution is -2.42. The SMILES string of the molecule is CC(C)(C)OC(=O)N1CCCC2(CC1)N=C(C1CCCCC1)NC2=O. The normalized spacial score (nSPS) is 28.5. The first-order valence-electron chi connectivity index (χ1n) is 9.68. The number of nitrogens with zero attached hydrogens (tertiary/aromatic N) is 2. The van der Waals surface area contributed by atoms with Gasteiger partial charge in [-0.2, -0.15) is 0 Å². The van der Waals surface area contributed by atoms with E-state index in [0.717, 1.165) is 25.1 Å². The molecule has 2 fully saturated rings. The quantitative estimate of drug-likeness (QED) is 0.790. The highest BCUT2D eigenvalue weighted by Crippen LogP contribution is 2.34. The minimum atomic E-state index is -0.677. The lowest BCUT2D eigenvalue weighted by atomic mass is 9.88. The minimum absolute atomic E-state index is 0.0270. The number of aliphatic imine (C=N–C) groups is 1. The van der Waals surface area contributed by atoms with Gasteiger partial charge in [-0.25, -0.2) is 4.79 Å². The van der Waals surface area contributed by atoms with Crippen LogP contribution in [0, 0.1) is 5.92 Å². The summed E-state index contributed by atoms with van der Waals surface area (Å²) in [5.74, 6) is 1.33. The molecule has 0 bridgehead atoms. The van der Waals surface area contributed by atoms with Crippen molar-refractivity contribution in [2.75, 3.05) is 13.1 Å². The molecule has 140 valence electrons. The monoisotopic (exact) mass is 349 g/mol. The van der Waals surface area contributed by atoms with E-state index in [2.05, 4.69) is 5.32 Å². The number of amidine groups is 1. The van der Waals surface area contributed by atoms with Crippen LogP contribution in [0.2, 0.25) is 0 Å². The maximum absolute atomic E-state index is 12.7. The van der Waals surface area contributed by atoms with E-state index < -0.39 is 11.1 Å². The van der Waals surface area contributed by atoms with Crippen LogP contribution < -0.4 is 5.32 Å². The molecule has 6 nitrogen and oxygen atoms in total. The second-order valence-corrected chi connectivity index (χ2v) is 8.64. The number of hydrogen-bond donors (Lipinski definition) is 1. The summed E-state index contributed by atoms with van der Waals surface area (Å²) >= 11 is 0. The van der Waals surface area contributed by atoms with Crippen molar-refractivity contribution in [3.8, 4) is 0 Å². The summed E-state index contributed by atoms with van der Waals surface area (Å²) in [7, 11) is 0. The number of carbonyl (C=O) groups is 2. The van der Waals surface area contributed by atoms with Crippen LogP contribution in [0.3, 0.4) is 0 Å². The fourth-order valence-electron chi connectivity index (χ4n) is 4.08. The third kappa shape index (κ3) is 4.15. The summed E-state index contributed by atoms with van der Waals surface area (Å²) in [5, 5.41) is 3.07. The Labute approximate surface area is 150 Å². The summed E-state index contributed by atoms with van der Waals surface area (Å²) in [5.41, 5.74) is -1.18. The Hall–Kier alpha value is -1.59. The third-order valence-electron chi connectivity index (χ3n) is 5.46. The highest BCUT2D eigenvalue weighted by molar-refractivity contribution is 6.09. The number of ether oxygens (including phenoxy) is 1. The van der Waals surface area contributed by atoms with Gasteiger partial charge in [0.25, 0.3) is 5.91 Å². The van der Waals surface area contributed by atoms with Crippen molar-refractivity contribution in [2.24, 2.45) is 10.9 Å². The van der Waals surface area contributed by atoms with Crippen LogP contribution in [0.25, 0.3) is 0 Å². The molecule has 2 heterocycles. The van der Waals surface area contributed by atoms with Crippen LogP contribution in [0.15, 0.2) is 4.99 Å². The Morgan fingerprint density at radius 2 is 1.88 bits per heavy atom. The first kappa shape index (κ1) is 18.2. The summed E-state index contributed by atoms with van der Waals surface area (Å²) in [6, 6.07) is 0. The van der Waals surface area contributed by atoms with Crippen LogP contribution in [0.5, 0.6) is 0 Å². The third-order valence-corrected chi connectivity index (χ3v) is 5.46. The molecule has 1 saturated heterocycles. The van der Waals surface area contributed by atoms with Gasteiger partial charge in [-0.15, -0.1) is 0 Å². The van der Waals surface area contributed by atoms with Gasteiger partial charge in [-0.05, 0) is 52.9 Å². The van der Waals surface area contributed by atoms with Gasteiger partial charge in [-0.3, -0.25) is 9.79 Å². The van der Waals surface area contributed by atoms with Crippen LogP contribution in [-0.4, -0.2) is 47.0 Å². The van der Waals surface area contributed by atoms with Gasteiger partial charge in [0.15, 0.2) is 0 Å². The van der Waals surface area contributed by atoms with E-state index in [0.29, 0.717) is 31.8 Å². The van der Waals surface area contributed by atoms with E-state index in [1.54, 1.807) is 4.90 Å². The largest absolute Gasteiger partial charge is 0.444 e. The minimum Gasteiger partial charge on any atom is -0.444 e. The zero-order valence-electron chi connectivity index (χ0n) is 15.8. The maximum atomic E-state index is 12.7. The van der Waals surface area contributed by atoms with E-state index in [4.69, 9.17) is 9.73 Å². The fraction of sp³-hybridized carbons (Fsp3) is 0.842. The number of hydrogen-bond acceptors (Lipinski definition) is 4.